The van der Waals surface area contributed by atoms with Crippen molar-refractivity contribution >= 4 is 5.97 Å². The van der Waals surface area contributed by atoms with E-state index in [1.165, 1.54) is 31.3 Å². The zero-order chi connectivity index (χ0) is 22.4. The van der Waals surface area contributed by atoms with E-state index in [2.05, 4.69) is 39.8 Å². The number of allylic oxidation sites excluding steroid dienone is 4. The Labute approximate surface area is 189 Å². The molecule has 0 amide bonds. The Hall–Kier alpha value is -1.35. The van der Waals surface area contributed by atoms with Gasteiger partial charge < -0.3 is 9.84 Å². The molecule has 0 heterocycles. The molecule has 1 N–H and O–H groups in total. The molecule has 0 bridgehead atoms. The first kappa shape index (κ1) is 22.8. The summed E-state index contributed by atoms with van der Waals surface area (Å²) in [6.45, 7) is 11.6. The van der Waals surface area contributed by atoms with Crippen molar-refractivity contribution in [3.63, 3.8) is 0 Å². The molecule has 0 radical (unpaired) electrons. The van der Waals surface area contributed by atoms with Crippen LogP contribution < -0.4 is 0 Å². The molecule has 3 heteroatoms. The van der Waals surface area contributed by atoms with Gasteiger partial charge >= 0.3 is 5.97 Å². The minimum absolute atomic E-state index is 0.236. The first-order chi connectivity index (χ1) is 14.7. The summed E-state index contributed by atoms with van der Waals surface area (Å²) in [6.07, 6.45) is 17.3. The normalized spacial score (nSPS) is 42.8. The maximum absolute atomic E-state index is 11.8. The minimum Gasteiger partial charge on any atom is -0.463 e. The largest absolute Gasteiger partial charge is 0.463 e. The second-order valence-electron chi connectivity index (χ2n) is 11.3. The molecule has 2 fully saturated rings. The van der Waals surface area contributed by atoms with Gasteiger partial charge in [0.1, 0.15) is 0 Å². The molecular formula is C28H42O3. The van der Waals surface area contributed by atoms with Gasteiger partial charge in [-0.2, -0.15) is 0 Å². The Balaban J connectivity index is 1.53. The molecule has 0 spiro atoms. The van der Waals surface area contributed by atoms with Crippen molar-refractivity contribution in [3.8, 4) is 0 Å². The van der Waals surface area contributed by atoms with Crippen LogP contribution in [0.4, 0.5) is 0 Å². The Morgan fingerprint density at radius 1 is 1.16 bits per heavy atom. The molecule has 0 aliphatic heterocycles. The lowest BCUT2D eigenvalue weighted by atomic mass is 9.46. The van der Waals surface area contributed by atoms with Crippen LogP contribution in [0, 0.1) is 34.5 Å². The Morgan fingerprint density at radius 2 is 1.94 bits per heavy atom. The summed E-state index contributed by atoms with van der Waals surface area (Å²) < 4.78 is 5.07. The maximum atomic E-state index is 11.8. The van der Waals surface area contributed by atoms with E-state index in [0.29, 0.717) is 12.5 Å². The van der Waals surface area contributed by atoms with Crippen molar-refractivity contribution in [3.05, 3.63) is 35.5 Å². The van der Waals surface area contributed by atoms with Crippen LogP contribution in [0.3, 0.4) is 0 Å². The highest BCUT2D eigenvalue weighted by atomic mass is 16.5. The van der Waals surface area contributed by atoms with Crippen LogP contribution in [0.5, 0.6) is 0 Å². The fraction of sp³-hybridized carbons (Fsp3) is 0.750. The number of hydrogen-bond acceptors (Lipinski definition) is 3. The Morgan fingerprint density at radius 3 is 2.65 bits per heavy atom. The van der Waals surface area contributed by atoms with E-state index in [9.17, 15) is 9.90 Å². The average Bonchev–Trinajstić information content (AvgIpc) is 3.10. The second-order valence-corrected chi connectivity index (χ2v) is 11.3. The van der Waals surface area contributed by atoms with Crippen molar-refractivity contribution < 1.29 is 14.6 Å². The number of carbonyl (C=O) groups excluding carboxylic acids is 1. The van der Waals surface area contributed by atoms with E-state index in [1.54, 1.807) is 11.6 Å². The van der Waals surface area contributed by atoms with Gasteiger partial charge in [-0.25, -0.2) is 4.79 Å². The Bertz CT molecular complexity index is 807. The van der Waals surface area contributed by atoms with Crippen LogP contribution >= 0.6 is 0 Å². The molecule has 2 saturated carbocycles. The molecule has 0 aromatic carbocycles. The van der Waals surface area contributed by atoms with Gasteiger partial charge in [-0.15, -0.1) is 0 Å². The number of aliphatic hydroxyl groups is 1. The predicted octanol–water partition coefficient (Wildman–Crippen LogP) is 6.38. The number of ether oxygens (including phenoxy) is 1. The summed E-state index contributed by atoms with van der Waals surface area (Å²) in [5.41, 5.74) is 3.10. The highest BCUT2D eigenvalue weighted by Gasteiger charge is 2.57. The first-order valence-corrected chi connectivity index (χ1v) is 12.6. The third-order valence-corrected chi connectivity index (χ3v) is 9.85. The number of esters is 1. The quantitative estimate of drug-likeness (QED) is 0.315. The van der Waals surface area contributed by atoms with Gasteiger partial charge in [0.25, 0.3) is 0 Å². The number of fused-ring (bicyclic) bond motifs is 5. The second kappa shape index (κ2) is 8.21. The van der Waals surface area contributed by atoms with Crippen molar-refractivity contribution in [1.82, 2.24) is 0 Å². The molecule has 172 valence electrons. The van der Waals surface area contributed by atoms with Crippen LogP contribution in [0.25, 0.3) is 0 Å². The lowest BCUT2D eigenvalue weighted by molar-refractivity contribution is -0.137. The fourth-order valence-corrected chi connectivity index (χ4v) is 7.84. The molecular weight excluding hydrogens is 384 g/mol. The van der Waals surface area contributed by atoms with Crippen LogP contribution in [-0.2, 0) is 9.53 Å². The van der Waals surface area contributed by atoms with Crippen LogP contribution in [0.2, 0.25) is 0 Å². The predicted molar refractivity (Wildman–Crippen MR) is 125 cm³/mol. The van der Waals surface area contributed by atoms with Gasteiger partial charge in [0.2, 0.25) is 0 Å². The third-order valence-electron chi connectivity index (χ3n) is 9.85. The molecule has 4 rings (SSSR count). The summed E-state index contributed by atoms with van der Waals surface area (Å²) in [4.78, 5) is 11.8. The molecule has 3 nitrogen and oxygen atoms in total. The van der Waals surface area contributed by atoms with Gasteiger partial charge in [0.05, 0.1) is 12.2 Å². The van der Waals surface area contributed by atoms with Crippen LogP contribution in [0.1, 0.15) is 86.0 Å². The molecule has 0 aromatic heterocycles. The lowest BCUT2D eigenvalue weighted by Crippen LogP contribution is -2.51. The summed E-state index contributed by atoms with van der Waals surface area (Å²) in [5.74, 6) is 2.21. The van der Waals surface area contributed by atoms with E-state index < -0.39 is 5.60 Å². The van der Waals surface area contributed by atoms with Crippen molar-refractivity contribution in [2.24, 2.45) is 34.5 Å². The highest BCUT2D eigenvalue weighted by molar-refractivity contribution is 5.82. The third kappa shape index (κ3) is 3.75. The minimum atomic E-state index is -0.482. The van der Waals surface area contributed by atoms with Gasteiger partial charge in [-0.1, -0.05) is 57.1 Å². The molecule has 0 saturated heterocycles. The number of carbonyl (C=O) groups is 1. The number of rotatable bonds is 5. The van der Waals surface area contributed by atoms with Crippen LogP contribution in [-0.4, -0.2) is 23.3 Å². The van der Waals surface area contributed by atoms with Gasteiger partial charge in [-0.3, -0.25) is 0 Å². The molecule has 0 aromatic rings. The van der Waals surface area contributed by atoms with Crippen molar-refractivity contribution in [2.45, 2.75) is 91.6 Å². The molecule has 0 unspecified atom stereocenters. The summed E-state index contributed by atoms with van der Waals surface area (Å²) in [7, 11) is 0. The summed E-state index contributed by atoms with van der Waals surface area (Å²) >= 11 is 0. The fourth-order valence-electron chi connectivity index (χ4n) is 7.84. The standard InChI is InChI=1S/C28H42O3/c1-6-28(30)17-16-26(4)20(18-28)9-10-21-23-12-11-22(27(23,5)15-14-24(21)26)19(3)8-13-25(29)31-7-2/h8-9,11,13,19,21,23-24,30H,6-7,10,12,14-18H2,1-5H3/b13-8+/t19-,21+,23+,24+,26+,27-,28+/m1/s1. The van der Waals surface area contributed by atoms with Gasteiger partial charge in [0, 0.05) is 6.08 Å². The van der Waals surface area contributed by atoms with E-state index in [0.717, 1.165) is 37.5 Å². The van der Waals surface area contributed by atoms with E-state index >= 15 is 0 Å². The van der Waals surface area contributed by atoms with Crippen molar-refractivity contribution in [2.75, 3.05) is 6.61 Å². The molecule has 4 aliphatic carbocycles. The zero-order valence-electron chi connectivity index (χ0n) is 20.2. The van der Waals surface area contributed by atoms with E-state index in [-0.39, 0.29) is 22.7 Å². The van der Waals surface area contributed by atoms with Crippen molar-refractivity contribution in [1.29, 1.82) is 0 Å². The van der Waals surface area contributed by atoms with Gasteiger partial charge in [0.15, 0.2) is 0 Å². The van der Waals surface area contributed by atoms with E-state index in [1.807, 2.05) is 13.0 Å². The number of hydrogen-bond donors (Lipinski definition) is 1. The first-order valence-electron chi connectivity index (χ1n) is 12.6. The lowest BCUT2D eigenvalue weighted by Gasteiger charge is -2.59. The topological polar surface area (TPSA) is 46.5 Å². The summed E-state index contributed by atoms with van der Waals surface area (Å²) in [5, 5.41) is 11.0. The Kier molecular flexibility index (Phi) is 6.05. The highest BCUT2D eigenvalue weighted by Crippen LogP contribution is 2.66. The van der Waals surface area contributed by atoms with Crippen LogP contribution in [0.15, 0.2) is 35.5 Å². The van der Waals surface area contributed by atoms with E-state index in [4.69, 9.17) is 4.74 Å². The molecule has 7 atom stereocenters. The summed E-state index contributed by atoms with van der Waals surface area (Å²) in [6, 6.07) is 0. The van der Waals surface area contributed by atoms with Gasteiger partial charge in [-0.05, 0) is 92.8 Å². The maximum Gasteiger partial charge on any atom is 0.330 e. The molecule has 4 aliphatic rings. The smallest absolute Gasteiger partial charge is 0.330 e. The molecule has 31 heavy (non-hydrogen) atoms. The SMILES string of the molecule is CCOC(=O)/C=C/[C@@H](C)C1=CC[C@H]2[C@@H]3CC=C4C[C@](O)(CC)CC[C@]4(C)[C@H]3CC[C@]12C. The zero-order valence-corrected chi connectivity index (χ0v) is 20.2. The average molecular weight is 427 g/mol. The monoisotopic (exact) mass is 426 g/mol.